The van der Waals surface area contributed by atoms with E-state index in [1.54, 1.807) is 11.8 Å². The van der Waals surface area contributed by atoms with Gasteiger partial charge in [0, 0.05) is 5.25 Å². The Morgan fingerprint density at radius 2 is 1.85 bits per heavy atom. The molecular weight excluding hydrogens is 276 g/mol. The molecule has 6 heteroatoms. The summed E-state index contributed by atoms with van der Waals surface area (Å²) in [7, 11) is 0. The van der Waals surface area contributed by atoms with Gasteiger partial charge in [-0.3, -0.25) is 19.8 Å². The van der Waals surface area contributed by atoms with E-state index in [2.05, 4.69) is 5.32 Å². The molecule has 110 valence electrons. The molecule has 0 radical (unpaired) electrons. The molecular formula is C14H20N2O3S. The molecule has 3 aliphatic rings. The molecule has 0 bridgehead atoms. The molecule has 20 heavy (non-hydrogen) atoms. The molecule has 1 heterocycles. The highest BCUT2D eigenvalue weighted by atomic mass is 32.2. The largest absolute Gasteiger partial charge is 0.331 e. The fraction of sp³-hybridized carbons (Fsp3) is 0.786. The monoisotopic (exact) mass is 296 g/mol. The molecule has 0 aromatic rings. The van der Waals surface area contributed by atoms with Crippen LogP contribution in [-0.4, -0.2) is 40.3 Å². The summed E-state index contributed by atoms with van der Waals surface area (Å²) in [5.41, 5.74) is -0.959. The maximum absolute atomic E-state index is 12.9. The zero-order valence-electron chi connectivity index (χ0n) is 11.7. The first-order valence-corrected chi connectivity index (χ1v) is 8.61. The number of carbonyl (C=O) groups excluding carboxylic acids is 3. The van der Waals surface area contributed by atoms with Gasteiger partial charge < -0.3 is 0 Å². The highest BCUT2D eigenvalue weighted by Crippen LogP contribution is 2.44. The lowest BCUT2D eigenvalue weighted by Gasteiger charge is -2.41. The van der Waals surface area contributed by atoms with Crippen molar-refractivity contribution < 1.29 is 14.4 Å². The lowest BCUT2D eigenvalue weighted by Crippen LogP contribution is -2.66. The van der Waals surface area contributed by atoms with Crippen LogP contribution in [0.25, 0.3) is 0 Å². The first kappa shape index (κ1) is 13.9. The lowest BCUT2D eigenvalue weighted by molar-refractivity contribution is -0.152. The standard InChI is InChI=1S/C14H20N2O3S/c1-20-10-6-4-5-9(10)16-12(18)14(7-2-3-8-14)11(17)15-13(16)19/h9-10H,2-8H2,1H3,(H,15,17,19). The smallest absolute Gasteiger partial charge is 0.277 e. The van der Waals surface area contributed by atoms with Crippen molar-refractivity contribution >= 4 is 29.6 Å². The first-order valence-electron chi connectivity index (χ1n) is 7.32. The van der Waals surface area contributed by atoms with E-state index in [1.807, 2.05) is 6.26 Å². The molecule has 2 saturated carbocycles. The summed E-state index contributed by atoms with van der Waals surface area (Å²) in [5.74, 6) is -0.616. The summed E-state index contributed by atoms with van der Waals surface area (Å²) in [5, 5.41) is 2.73. The van der Waals surface area contributed by atoms with Crippen molar-refractivity contribution in [1.29, 1.82) is 0 Å². The highest BCUT2D eigenvalue weighted by Gasteiger charge is 2.57. The maximum atomic E-state index is 12.9. The molecule has 1 aliphatic heterocycles. The molecule has 1 N–H and O–H groups in total. The van der Waals surface area contributed by atoms with E-state index in [0.29, 0.717) is 18.1 Å². The van der Waals surface area contributed by atoms with Crippen molar-refractivity contribution in [3.05, 3.63) is 0 Å². The average molecular weight is 296 g/mol. The number of carbonyl (C=O) groups is 3. The molecule has 2 unspecified atom stereocenters. The quantitative estimate of drug-likeness (QED) is 0.791. The Bertz CT molecular complexity index is 459. The van der Waals surface area contributed by atoms with Crippen molar-refractivity contribution in [3.8, 4) is 0 Å². The molecule has 1 saturated heterocycles. The third kappa shape index (κ3) is 1.88. The Kier molecular flexibility index (Phi) is 3.52. The minimum atomic E-state index is -0.959. The van der Waals surface area contributed by atoms with Crippen molar-refractivity contribution in [2.75, 3.05) is 6.26 Å². The summed E-state index contributed by atoms with van der Waals surface area (Å²) >= 11 is 1.71. The molecule has 3 fully saturated rings. The number of hydrogen-bond donors (Lipinski definition) is 1. The topological polar surface area (TPSA) is 66.5 Å². The number of nitrogens with zero attached hydrogens (tertiary/aromatic N) is 1. The molecule has 4 amide bonds. The molecule has 2 atom stereocenters. The number of rotatable bonds is 2. The third-order valence-corrected chi connectivity index (χ3v) is 6.17. The van der Waals surface area contributed by atoms with E-state index in [9.17, 15) is 14.4 Å². The Morgan fingerprint density at radius 1 is 1.15 bits per heavy atom. The Morgan fingerprint density at radius 3 is 2.50 bits per heavy atom. The normalized spacial score (nSPS) is 33.0. The summed E-state index contributed by atoms with van der Waals surface area (Å²) in [6, 6.07) is -0.563. The van der Waals surface area contributed by atoms with Gasteiger partial charge in [-0.15, -0.1) is 0 Å². The van der Waals surface area contributed by atoms with Gasteiger partial charge in [0.25, 0.3) is 0 Å². The predicted molar refractivity (Wildman–Crippen MR) is 76.2 cm³/mol. The minimum Gasteiger partial charge on any atom is -0.277 e. The van der Waals surface area contributed by atoms with E-state index in [-0.39, 0.29) is 17.9 Å². The fourth-order valence-corrected chi connectivity index (χ4v) is 4.87. The van der Waals surface area contributed by atoms with Crippen molar-refractivity contribution in [3.63, 3.8) is 0 Å². The number of urea groups is 1. The highest BCUT2D eigenvalue weighted by molar-refractivity contribution is 7.99. The van der Waals surface area contributed by atoms with Crippen molar-refractivity contribution in [2.45, 2.75) is 56.2 Å². The molecule has 2 aliphatic carbocycles. The Balaban J connectivity index is 1.92. The molecule has 0 aromatic heterocycles. The van der Waals surface area contributed by atoms with Gasteiger partial charge in [0.2, 0.25) is 11.8 Å². The second-order valence-electron chi connectivity index (χ2n) is 6.00. The summed E-state index contributed by atoms with van der Waals surface area (Å²) < 4.78 is 0. The fourth-order valence-electron chi connectivity index (χ4n) is 3.89. The maximum Gasteiger partial charge on any atom is 0.331 e. The van der Waals surface area contributed by atoms with Crippen LogP contribution in [0.5, 0.6) is 0 Å². The van der Waals surface area contributed by atoms with Crippen LogP contribution >= 0.6 is 11.8 Å². The van der Waals surface area contributed by atoms with Crippen LogP contribution < -0.4 is 5.32 Å². The van der Waals surface area contributed by atoms with E-state index >= 15 is 0 Å². The first-order chi connectivity index (χ1) is 9.60. The van der Waals surface area contributed by atoms with Gasteiger partial charge in [-0.2, -0.15) is 11.8 Å². The number of hydrogen-bond acceptors (Lipinski definition) is 4. The van der Waals surface area contributed by atoms with E-state index in [4.69, 9.17) is 0 Å². The van der Waals surface area contributed by atoms with Gasteiger partial charge in [-0.05, 0) is 31.9 Å². The Labute approximate surface area is 122 Å². The van der Waals surface area contributed by atoms with Crippen LogP contribution in [0.3, 0.4) is 0 Å². The van der Waals surface area contributed by atoms with Crippen LogP contribution in [0.15, 0.2) is 0 Å². The van der Waals surface area contributed by atoms with Crippen LogP contribution in [0.1, 0.15) is 44.9 Å². The van der Waals surface area contributed by atoms with Crippen molar-refractivity contribution in [2.24, 2.45) is 5.41 Å². The van der Waals surface area contributed by atoms with Crippen LogP contribution in [0.4, 0.5) is 4.79 Å². The molecule has 3 rings (SSSR count). The van der Waals surface area contributed by atoms with E-state index < -0.39 is 11.4 Å². The predicted octanol–water partition coefficient (Wildman–Crippen LogP) is 1.91. The third-order valence-electron chi connectivity index (χ3n) is 5.01. The second-order valence-corrected chi connectivity index (χ2v) is 7.07. The van der Waals surface area contributed by atoms with Crippen LogP contribution in [-0.2, 0) is 9.59 Å². The number of amides is 4. The van der Waals surface area contributed by atoms with Crippen LogP contribution in [0, 0.1) is 5.41 Å². The van der Waals surface area contributed by atoms with Crippen molar-refractivity contribution in [1.82, 2.24) is 10.2 Å². The number of thioether (sulfide) groups is 1. The lowest BCUT2D eigenvalue weighted by atomic mass is 9.81. The number of imide groups is 2. The summed E-state index contributed by atoms with van der Waals surface area (Å²) in [6.07, 6.45) is 7.88. The zero-order chi connectivity index (χ0) is 14.3. The van der Waals surface area contributed by atoms with Gasteiger partial charge in [0.15, 0.2) is 0 Å². The SMILES string of the molecule is CSC1CCCC1N1C(=O)NC(=O)C2(CCCC2)C1=O. The summed E-state index contributed by atoms with van der Waals surface area (Å²) in [4.78, 5) is 38.6. The molecule has 0 aromatic carbocycles. The van der Waals surface area contributed by atoms with Gasteiger partial charge in [-0.25, -0.2) is 4.79 Å². The van der Waals surface area contributed by atoms with E-state index in [0.717, 1.165) is 32.1 Å². The summed E-state index contributed by atoms with van der Waals surface area (Å²) in [6.45, 7) is 0. The minimum absolute atomic E-state index is 0.0527. The zero-order valence-corrected chi connectivity index (χ0v) is 12.5. The molecule has 1 spiro atoms. The second kappa shape index (κ2) is 5.06. The van der Waals surface area contributed by atoms with Gasteiger partial charge in [0.1, 0.15) is 5.41 Å². The molecule has 5 nitrogen and oxygen atoms in total. The number of nitrogens with one attached hydrogen (secondary N) is 1. The average Bonchev–Trinajstić information content (AvgIpc) is 3.07. The van der Waals surface area contributed by atoms with E-state index in [1.165, 1.54) is 4.90 Å². The number of barbiturate groups is 1. The van der Waals surface area contributed by atoms with Gasteiger partial charge >= 0.3 is 6.03 Å². The Hall–Kier alpha value is -1.04. The van der Waals surface area contributed by atoms with Gasteiger partial charge in [-0.1, -0.05) is 19.3 Å². The van der Waals surface area contributed by atoms with Gasteiger partial charge in [0.05, 0.1) is 6.04 Å². The van der Waals surface area contributed by atoms with Crippen LogP contribution in [0.2, 0.25) is 0 Å².